The lowest BCUT2D eigenvalue weighted by atomic mass is 10.2. The van der Waals surface area contributed by atoms with Crippen LogP contribution in [0.1, 0.15) is 5.56 Å². The van der Waals surface area contributed by atoms with Gasteiger partial charge >= 0.3 is 0 Å². The van der Waals surface area contributed by atoms with Crippen molar-refractivity contribution in [3.8, 4) is 17.2 Å². The molecule has 1 fully saturated rings. The lowest BCUT2D eigenvalue weighted by Gasteiger charge is -2.36. The minimum atomic E-state index is -0.584. The van der Waals surface area contributed by atoms with Crippen molar-refractivity contribution in [2.75, 3.05) is 65.6 Å². The Labute approximate surface area is 207 Å². The number of piperazine rings is 1. The normalized spacial score (nSPS) is 14.6. The number of methoxy groups -OCH3 is 3. The Morgan fingerprint density at radius 3 is 2.00 bits per heavy atom. The summed E-state index contributed by atoms with van der Waals surface area (Å²) in [5.41, 5.74) is 1.89. The number of nitrogens with zero attached hydrogens (tertiary/aromatic N) is 2. The first kappa shape index (κ1) is 29.1. The molecule has 186 valence electrons. The fraction of sp³-hybridized carbons (Fsp3) is 0.478. The van der Waals surface area contributed by atoms with E-state index in [4.69, 9.17) is 18.9 Å². The van der Waals surface area contributed by atoms with E-state index in [0.717, 1.165) is 37.4 Å². The van der Waals surface area contributed by atoms with Crippen LogP contribution in [0.2, 0.25) is 0 Å². The van der Waals surface area contributed by atoms with E-state index in [1.807, 2.05) is 12.1 Å². The fourth-order valence-electron chi connectivity index (χ4n) is 3.72. The first-order valence-corrected chi connectivity index (χ1v) is 10.3. The third kappa shape index (κ3) is 8.08. The molecule has 1 atom stereocenters. The zero-order chi connectivity index (χ0) is 22.2. The molecule has 1 unspecified atom stereocenters. The molecule has 2 aromatic carbocycles. The number of aliphatic hydroxyl groups is 1. The maximum Gasteiger partial charge on any atom is 0.203 e. The monoisotopic (exact) mass is 506 g/mol. The summed E-state index contributed by atoms with van der Waals surface area (Å²) in [7, 11) is 4.70. The van der Waals surface area contributed by atoms with Gasteiger partial charge in [0, 0.05) is 38.4 Å². The predicted molar refractivity (Wildman–Crippen MR) is 131 cm³/mol. The third-order valence-corrected chi connectivity index (χ3v) is 5.34. The van der Waals surface area contributed by atoms with Gasteiger partial charge in [-0.1, -0.05) is 0 Å². The van der Waals surface area contributed by atoms with Gasteiger partial charge in [-0.05, 0) is 42.0 Å². The molecule has 0 radical (unpaired) electrons. The molecular formula is C23H33Cl2FN2O5. The van der Waals surface area contributed by atoms with Crippen LogP contribution in [-0.2, 0) is 11.3 Å². The highest BCUT2D eigenvalue weighted by Crippen LogP contribution is 2.38. The van der Waals surface area contributed by atoms with Crippen LogP contribution in [0.15, 0.2) is 36.4 Å². The molecule has 0 amide bonds. The summed E-state index contributed by atoms with van der Waals surface area (Å²) in [6.45, 7) is 4.45. The van der Waals surface area contributed by atoms with E-state index in [1.54, 1.807) is 33.5 Å². The van der Waals surface area contributed by atoms with Gasteiger partial charge in [-0.15, -0.1) is 24.8 Å². The minimum Gasteiger partial charge on any atom is -0.493 e. The second-order valence-electron chi connectivity index (χ2n) is 7.47. The first-order chi connectivity index (χ1) is 15.0. The van der Waals surface area contributed by atoms with E-state index in [9.17, 15) is 9.50 Å². The van der Waals surface area contributed by atoms with Crippen LogP contribution in [0.4, 0.5) is 10.1 Å². The molecule has 2 aromatic rings. The number of halogens is 3. The van der Waals surface area contributed by atoms with E-state index in [0.29, 0.717) is 30.4 Å². The Hall–Kier alpha value is -1.97. The van der Waals surface area contributed by atoms with E-state index in [2.05, 4.69) is 9.80 Å². The molecule has 1 heterocycles. The van der Waals surface area contributed by atoms with Crippen molar-refractivity contribution < 1.29 is 28.4 Å². The van der Waals surface area contributed by atoms with Crippen molar-refractivity contribution >= 4 is 30.5 Å². The maximum atomic E-state index is 13.1. The smallest absolute Gasteiger partial charge is 0.203 e. The zero-order valence-corrected chi connectivity index (χ0v) is 20.8. The molecule has 3 rings (SSSR count). The van der Waals surface area contributed by atoms with E-state index in [1.165, 1.54) is 12.1 Å². The number of benzene rings is 2. The second-order valence-corrected chi connectivity index (χ2v) is 7.47. The minimum absolute atomic E-state index is 0. The van der Waals surface area contributed by atoms with Crippen LogP contribution in [0.25, 0.3) is 0 Å². The van der Waals surface area contributed by atoms with Crippen LogP contribution >= 0.6 is 24.8 Å². The van der Waals surface area contributed by atoms with Crippen LogP contribution < -0.4 is 19.1 Å². The van der Waals surface area contributed by atoms with E-state index in [-0.39, 0.29) is 37.2 Å². The average molecular weight is 507 g/mol. The Bertz CT molecular complexity index is 811. The van der Waals surface area contributed by atoms with Gasteiger partial charge in [0.1, 0.15) is 5.82 Å². The summed E-state index contributed by atoms with van der Waals surface area (Å²) in [6, 6.07) is 10.2. The van der Waals surface area contributed by atoms with Crippen LogP contribution in [-0.4, -0.2) is 76.8 Å². The highest BCUT2D eigenvalue weighted by Gasteiger charge is 2.20. The van der Waals surface area contributed by atoms with Crippen LogP contribution in [0, 0.1) is 5.82 Å². The highest BCUT2D eigenvalue weighted by atomic mass is 35.5. The molecule has 1 saturated heterocycles. The highest BCUT2D eigenvalue weighted by molar-refractivity contribution is 5.85. The van der Waals surface area contributed by atoms with Gasteiger partial charge in [0.15, 0.2) is 11.5 Å². The molecule has 0 aliphatic carbocycles. The molecule has 1 N–H and O–H groups in total. The first-order valence-electron chi connectivity index (χ1n) is 10.3. The largest absolute Gasteiger partial charge is 0.493 e. The van der Waals surface area contributed by atoms with Crippen molar-refractivity contribution in [1.29, 1.82) is 0 Å². The van der Waals surface area contributed by atoms with E-state index >= 15 is 0 Å². The van der Waals surface area contributed by atoms with Crippen molar-refractivity contribution in [2.45, 2.75) is 12.7 Å². The van der Waals surface area contributed by atoms with Gasteiger partial charge in [0.05, 0.1) is 40.6 Å². The topological polar surface area (TPSA) is 63.6 Å². The number of hydrogen-bond donors (Lipinski definition) is 1. The Balaban J connectivity index is 0.00000272. The number of hydrogen-bond acceptors (Lipinski definition) is 7. The summed E-state index contributed by atoms with van der Waals surface area (Å²) >= 11 is 0. The summed E-state index contributed by atoms with van der Waals surface area (Å²) < 4.78 is 34.9. The van der Waals surface area contributed by atoms with Crippen molar-refractivity contribution in [2.24, 2.45) is 0 Å². The quantitative estimate of drug-likeness (QED) is 0.529. The van der Waals surface area contributed by atoms with Gasteiger partial charge in [-0.3, -0.25) is 4.90 Å². The number of rotatable bonds is 10. The molecule has 33 heavy (non-hydrogen) atoms. The molecule has 10 heteroatoms. The average Bonchev–Trinajstić information content (AvgIpc) is 2.79. The standard InChI is InChI=1S/C23H31FN2O5.2ClH/c1-28-21-12-17(13-22(29-2)23(21)30-3)15-31-16-20(27)14-25-8-10-26(11-9-25)19-6-4-18(24)5-7-19;;/h4-7,12-13,20,27H,8-11,14-16H2,1-3H3;2*1H. The number of aliphatic hydroxyl groups excluding tert-OH is 1. The number of β-amino-alcohol motifs (C(OH)–C–C–N with tert-alkyl or cyclic N) is 1. The Morgan fingerprint density at radius 2 is 1.48 bits per heavy atom. The Kier molecular flexibility index (Phi) is 12.6. The maximum absolute atomic E-state index is 13.1. The van der Waals surface area contributed by atoms with Gasteiger partial charge in [-0.25, -0.2) is 4.39 Å². The second kappa shape index (κ2) is 14.3. The van der Waals surface area contributed by atoms with Crippen molar-refractivity contribution in [3.63, 3.8) is 0 Å². The molecular weight excluding hydrogens is 474 g/mol. The fourth-order valence-corrected chi connectivity index (χ4v) is 3.72. The third-order valence-electron chi connectivity index (χ3n) is 5.34. The zero-order valence-electron chi connectivity index (χ0n) is 19.2. The summed E-state index contributed by atoms with van der Waals surface area (Å²) in [5.74, 6) is 1.45. The molecule has 0 aromatic heterocycles. The molecule has 0 spiro atoms. The van der Waals surface area contributed by atoms with Crippen molar-refractivity contribution in [3.05, 3.63) is 47.8 Å². The summed E-state index contributed by atoms with van der Waals surface area (Å²) in [5, 5.41) is 10.4. The summed E-state index contributed by atoms with van der Waals surface area (Å²) in [6.07, 6.45) is -0.584. The Morgan fingerprint density at radius 1 is 0.909 bits per heavy atom. The molecule has 1 aliphatic heterocycles. The van der Waals surface area contributed by atoms with Gasteiger partial charge in [0.25, 0.3) is 0 Å². The number of ether oxygens (including phenoxy) is 4. The van der Waals surface area contributed by atoms with E-state index < -0.39 is 6.10 Å². The van der Waals surface area contributed by atoms with Gasteiger partial charge in [0.2, 0.25) is 5.75 Å². The summed E-state index contributed by atoms with van der Waals surface area (Å²) in [4.78, 5) is 4.44. The molecule has 0 saturated carbocycles. The lowest BCUT2D eigenvalue weighted by Crippen LogP contribution is -2.49. The molecule has 7 nitrogen and oxygen atoms in total. The molecule has 1 aliphatic rings. The van der Waals surface area contributed by atoms with Gasteiger partial charge < -0.3 is 29.0 Å². The van der Waals surface area contributed by atoms with Crippen LogP contribution in [0.3, 0.4) is 0 Å². The predicted octanol–water partition coefficient (Wildman–Crippen LogP) is 3.39. The van der Waals surface area contributed by atoms with Crippen LogP contribution in [0.5, 0.6) is 17.2 Å². The van der Waals surface area contributed by atoms with Crippen molar-refractivity contribution in [1.82, 2.24) is 4.90 Å². The van der Waals surface area contributed by atoms with Gasteiger partial charge in [-0.2, -0.15) is 0 Å². The molecule has 0 bridgehead atoms. The SMILES string of the molecule is COc1cc(COCC(O)CN2CCN(c3ccc(F)cc3)CC2)cc(OC)c1OC.Cl.Cl. The lowest BCUT2D eigenvalue weighted by molar-refractivity contribution is 0.00905. The number of anilines is 1.